The lowest BCUT2D eigenvalue weighted by Gasteiger charge is -2.23. The predicted octanol–water partition coefficient (Wildman–Crippen LogP) is 0.640. The molecule has 0 radical (unpaired) electrons. The van der Waals surface area contributed by atoms with E-state index in [-0.39, 0.29) is 12.4 Å². The number of anilines is 3. The van der Waals surface area contributed by atoms with E-state index < -0.39 is 0 Å². The molecule has 0 atom stereocenters. The van der Waals surface area contributed by atoms with E-state index in [1.807, 2.05) is 36.4 Å². The van der Waals surface area contributed by atoms with Crippen molar-refractivity contribution < 1.29 is 12.4 Å². The number of nitrogens with zero attached hydrogens (tertiary/aromatic N) is 1. The molecular weight excluding hydrogens is 344 g/mol. The van der Waals surface area contributed by atoms with Crippen LogP contribution in [-0.2, 0) is 19.6 Å². The van der Waals surface area contributed by atoms with Gasteiger partial charge in [0, 0.05) is 36.7 Å². The molecule has 0 aliphatic rings. The van der Waals surface area contributed by atoms with Crippen LogP contribution in [0.3, 0.4) is 0 Å². The number of nitrogens with two attached hydrogens (primary N) is 3. The summed E-state index contributed by atoms with van der Waals surface area (Å²) in [7, 11) is 0. The molecule has 0 unspecified atom stereocenters. The monoisotopic (exact) mass is 367 g/mol. The Kier molecular flexibility index (Phi) is 6.89. The van der Waals surface area contributed by atoms with Crippen LogP contribution in [-0.4, -0.2) is 4.90 Å². The molecule has 0 aromatic heterocycles. The first-order valence-electron chi connectivity index (χ1n) is 8.34. The Bertz CT molecular complexity index is 686. The summed E-state index contributed by atoms with van der Waals surface area (Å²) in [5.74, 6) is 0. The van der Waals surface area contributed by atoms with Crippen molar-refractivity contribution in [1.82, 2.24) is 4.90 Å². The van der Waals surface area contributed by atoms with Crippen molar-refractivity contribution in [3.63, 3.8) is 0 Å². The first-order chi connectivity index (χ1) is 12.1. The number of halogens is 1. The third-order valence-electron chi connectivity index (χ3n) is 4.16. The molecule has 4 nitrogen and oxygen atoms in total. The molecule has 0 aliphatic carbocycles. The Morgan fingerprint density at radius 1 is 0.462 bits per heavy atom. The molecule has 0 fully saturated rings. The molecule has 0 saturated carbocycles. The van der Waals surface area contributed by atoms with Gasteiger partial charge in [0.2, 0.25) is 0 Å². The first kappa shape index (κ1) is 19.6. The number of nitrogen functional groups attached to an aromatic ring is 3. The zero-order chi connectivity index (χ0) is 17.6. The zero-order valence-corrected chi connectivity index (χ0v) is 15.4. The van der Waals surface area contributed by atoms with E-state index in [1.165, 1.54) is 16.7 Å². The van der Waals surface area contributed by atoms with Gasteiger partial charge in [-0.2, -0.15) is 0 Å². The third-order valence-corrected chi connectivity index (χ3v) is 4.16. The summed E-state index contributed by atoms with van der Waals surface area (Å²) in [4.78, 5) is 2.39. The fourth-order valence-electron chi connectivity index (χ4n) is 2.81. The molecule has 3 aromatic rings. The van der Waals surface area contributed by atoms with Crippen LogP contribution in [0.5, 0.6) is 0 Å². The Balaban J connectivity index is 0.00000243. The number of hydrogen-bond donors (Lipinski definition) is 3. The average molecular weight is 368 g/mol. The zero-order valence-electron chi connectivity index (χ0n) is 14.6. The fourth-order valence-corrected chi connectivity index (χ4v) is 2.81. The van der Waals surface area contributed by atoms with E-state index in [9.17, 15) is 0 Å². The number of rotatable bonds is 6. The van der Waals surface area contributed by atoms with Crippen LogP contribution in [0, 0.1) is 0 Å². The molecule has 0 bridgehead atoms. The average Bonchev–Trinajstić information content (AvgIpc) is 2.61. The molecule has 0 aliphatic heterocycles. The molecule has 0 heterocycles. The summed E-state index contributed by atoms with van der Waals surface area (Å²) >= 11 is 0. The van der Waals surface area contributed by atoms with E-state index in [4.69, 9.17) is 17.2 Å². The number of hydrogen-bond acceptors (Lipinski definition) is 4. The Morgan fingerprint density at radius 2 is 0.692 bits per heavy atom. The molecule has 136 valence electrons. The lowest BCUT2D eigenvalue weighted by molar-refractivity contribution is -0.00000525. The van der Waals surface area contributed by atoms with Crippen molar-refractivity contribution >= 4 is 17.1 Å². The van der Waals surface area contributed by atoms with Gasteiger partial charge in [0.15, 0.2) is 0 Å². The van der Waals surface area contributed by atoms with E-state index in [2.05, 4.69) is 41.3 Å². The fraction of sp³-hybridized carbons (Fsp3) is 0.143. The van der Waals surface area contributed by atoms with Crippen LogP contribution >= 0.6 is 0 Å². The second-order valence-electron chi connectivity index (χ2n) is 6.37. The van der Waals surface area contributed by atoms with Crippen molar-refractivity contribution in [2.45, 2.75) is 19.6 Å². The van der Waals surface area contributed by atoms with Crippen LogP contribution in [0.4, 0.5) is 17.1 Å². The molecule has 6 N–H and O–H groups in total. The summed E-state index contributed by atoms with van der Waals surface area (Å²) < 4.78 is 0. The van der Waals surface area contributed by atoms with E-state index in [1.54, 1.807) is 0 Å². The van der Waals surface area contributed by atoms with Crippen molar-refractivity contribution in [2.24, 2.45) is 0 Å². The van der Waals surface area contributed by atoms with Crippen molar-refractivity contribution in [2.75, 3.05) is 17.2 Å². The Labute approximate surface area is 161 Å². The highest BCUT2D eigenvalue weighted by Gasteiger charge is 2.09. The lowest BCUT2D eigenvalue weighted by atomic mass is 10.1. The second kappa shape index (κ2) is 9.13. The first-order valence-corrected chi connectivity index (χ1v) is 8.34. The maximum absolute atomic E-state index is 5.80. The molecular formula is C21H24ClN4-. The van der Waals surface area contributed by atoms with Gasteiger partial charge in [-0.3, -0.25) is 4.90 Å². The summed E-state index contributed by atoms with van der Waals surface area (Å²) in [6, 6.07) is 24.1. The molecule has 5 heteroatoms. The largest absolute Gasteiger partial charge is 1.00 e. The maximum Gasteiger partial charge on any atom is 0.0314 e. The molecule has 0 spiro atoms. The van der Waals surface area contributed by atoms with E-state index >= 15 is 0 Å². The summed E-state index contributed by atoms with van der Waals surface area (Å²) in [5.41, 5.74) is 23.4. The van der Waals surface area contributed by atoms with Crippen LogP contribution < -0.4 is 29.6 Å². The molecule has 0 amide bonds. The van der Waals surface area contributed by atoms with Gasteiger partial charge in [0.25, 0.3) is 0 Å². The highest BCUT2D eigenvalue weighted by atomic mass is 35.5. The topological polar surface area (TPSA) is 81.3 Å². The van der Waals surface area contributed by atoms with Crippen molar-refractivity contribution in [3.8, 4) is 0 Å². The van der Waals surface area contributed by atoms with E-state index in [0.29, 0.717) is 0 Å². The minimum absolute atomic E-state index is 0. The maximum atomic E-state index is 5.80. The van der Waals surface area contributed by atoms with Crippen LogP contribution in [0.2, 0.25) is 0 Å². The summed E-state index contributed by atoms with van der Waals surface area (Å²) in [6.45, 7) is 2.53. The normalized spacial score (nSPS) is 10.5. The molecule has 3 aromatic carbocycles. The van der Waals surface area contributed by atoms with Gasteiger partial charge in [0.05, 0.1) is 0 Å². The minimum atomic E-state index is 0. The predicted molar refractivity (Wildman–Crippen MR) is 106 cm³/mol. The van der Waals surface area contributed by atoms with Crippen LogP contribution in [0.25, 0.3) is 0 Å². The van der Waals surface area contributed by atoms with E-state index in [0.717, 1.165) is 36.7 Å². The van der Waals surface area contributed by atoms with Gasteiger partial charge in [-0.1, -0.05) is 36.4 Å². The van der Waals surface area contributed by atoms with Gasteiger partial charge in [-0.05, 0) is 53.1 Å². The second-order valence-corrected chi connectivity index (χ2v) is 6.37. The smallest absolute Gasteiger partial charge is 0.0314 e. The van der Waals surface area contributed by atoms with Crippen molar-refractivity contribution in [1.29, 1.82) is 0 Å². The summed E-state index contributed by atoms with van der Waals surface area (Å²) in [5, 5.41) is 0. The minimum Gasteiger partial charge on any atom is -1.00 e. The van der Waals surface area contributed by atoms with Gasteiger partial charge in [0.1, 0.15) is 0 Å². The van der Waals surface area contributed by atoms with Crippen molar-refractivity contribution in [3.05, 3.63) is 89.5 Å². The summed E-state index contributed by atoms with van der Waals surface area (Å²) in [6.07, 6.45) is 0. The Morgan fingerprint density at radius 3 is 0.923 bits per heavy atom. The van der Waals surface area contributed by atoms with Crippen LogP contribution in [0.1, 0.15) is 16.7 Å². The third kappa shape index (κ3) is 5.69. The van der Waals surface area contributed by atoms with Crippen LogP contribution in [0.15, 0.2) is 72.8 Å². The standard InChI is InChI=1S/C21H24N4.ClH/c22-19-7-1-16(2-8-19)13-25(14-17-3-9-20(23)10-4-17)15-18-5-11-21(24)12-6-18;/h1-12H,13-15,22-24H2;1H/p-1. The SMILES string of the molecule is Nc1ccc(CN(Cc2ccc(N)cc2)Cc2ccc(N)cc2)cc1.[Cl-]. The van der Waals surface area contributed by atoms with Gasteiger partial charge in [-0.25, -0.2) is 0 Å². The highest BCUT2D eigenvalue weighted by Crippen LogP contribution is 2.17. The van der Waals surface area contributed by atoms with Gasteiger partial charge < -0.3 is 29.6 Å². The van der Waals surface area contributed by atoms with Gasteiger partial charge in [-0.15, -0.1) is 0 Å². The molecule has 3 rings (SSSR count). The number of benzene rings is 3. The van der Waals surface area contributed by atoms with Gasteiger partial charge >= 0.3 is 0 Å². The highest BCUT2D eigenvalue weighted by molar-refractivity contribution is 5.41. The molecule has 0 saturated heterocycles. The lowest BCUT2D eigenvalue weighted by Crippen LogP contribution is -3.00. The Hall–Kier alpha value is -2.69. The quantitative estimate of drug-likeness (QED) is 0.558. The molecule has 26 heavy (non-hydrogen) atoms.